The SMILES string of the molecule is CS(=O)(=O)c1ccc(C(=O)C2C(=O)CCCC2=O)c(Cl)c1COCC(F)(F)F.NCCNCCN. The lowest BCUT2D eigenvalue weighted by molar-refractivity contribution is -0.176. The summed E-state index contributed by atoms with van der Waals surface area (Å²) in [7, 11) is -3.90. The molecule has 0 atom stereocenters. The third kappa shape index (κ3) is 9.94. The molecule has 0 aliphatic heterocycles. The molecule has 1 saturated carbocycles. The van der Waals surface area contributed by atoms with Crippen molar-refractivity contribution in [2.75, 3.05) is 39.0 Å². The van der Waals surface area contributed by atoms with Gasteiger partial charge in [0.1, 0.15) is 12.5 Å². The van der Waals surface area contributed by atoms with Crippen molar-refractivity contribution in [1.29, 1.82) is 0 Å². The van der Waals surface area contributed by atoms with Gasteiger partial charge in [0.05, 0.1) is 16.5 Å². The van der Waals surface area contributed by atoms with Gasteiger partial charge in [-0.3, -0.25) is 14.4 Å². The molecule has 14 heteroatoms. The number of alkyl halides is 3. The first-order valence-electron chi connectivity index (χ1n) is 10.6. The molecule has 198 valence electrons. The Kier molecular flexibility index (Phi) is 12.4. The number of carbonyl (C=O) groups is 3. The number of hydrogen-bond acceptors (Lipinski definition) is 9. The molecule has 0 spiro atoms. The fourth-order valence-corrected chi connectivity index (χ4v) is 4.52. The lowest BCUT2D eigenvalue weighted by atomic mass is 9.81. The van der Waals surface area contributed by atoms with Crippen molar-refractivity contribution in [3.63, 3.8) is 0 Å². The smallest absolute Gasteiger partial charge is 0.367 e. The first kappa shape index (κ1) is 31.1. The van der Waals surface area contributed by atoms with Crippen molar-refractivity contribution in [2.24, 2.45) is 17.4 Å². The maximum atomic E-state index is 12.7. The number of halogens is 4. The van der Waals surface area contributed by atoms with Crippen LogP contribution in [0.5, 0.6) is 0 Å². The maximum Gasteiger partial charge on any atom is 0.411 e. The number of ether oxygens (including phenoxy) is 1. The Morgan fingerprint density at radius 3 is 2.14 bits per heavy atom. The highest BCUT2D eigenvalue weighted by Gasteiger charge is 2.38. The van der Waals surface area contributed by atoms with E-state index in [0.717, 1.165) is 31.5 Å². The van der Waals surface area contributed by atoms with Crippen molar-refractivity contribution in [1.82, 2.24) is 5.32 Å². The van der Waals surface area contributed by atoms with Gasteiger partial charge in [0.25, 0.3) is 0 Å². The van der Waals surface area contributed by atoms with Crippen LogP contribution >= 0.6 is 11.6 Å². The van der Waals surface area contributed by atoms with Crippen LogP contribution in [0.3, 0.4) is 0 Å². The van der Waals surface area contributed by atoms with Gasteiger partial charge in [0.15, 0.2) is 27.2 Å². The monoisotopic (exact) mass is 543 g/mol. The fraction of sp³-hybridized carbons (Fsp3) is 0.571. The first-order chi connectivity index (χ1) is 16.2. The van der Waals surface area contributed by atoms with E-state index in [9.17, 15) is 36.0 Å². The minimum atomic E-state index is -4.65. The summed E-state index contributed by atoms with van der Waals surface area (Å²) in [6.07, 6.45) is -3.40. The van der Waals surface area contributed by atoms with E-state index >= 15 is 0 Å². The van der Waals surface area contributed by atoms with Crippen molar-refractivity contribution < 1.29 is 40.7 Å². The van der Waals surface area contributed by atoms with Crippen LogP contribution in [0.4, 0.5) is 13.2 Å². The largest absolute Gasteiger partial charge is 0.411 e. The van der Waals surface area contributed by atoms with E-state index < -0.39 is 62.4 Å². The van der Waals surface area contributed by atoms with Gasteiger partial charge in [0.2, 0.25) is 0 Å². The maximum absolute atomic E-state index is 12.7. The summed E-state index contributed by atoms with van der Waals surface area (Å²) < 4.78 is 65.3. The zero-order chi connectivity index (χ0) is 26.8. The van der Waals surface area contributed by atoms with Crippen LogP contribution < -0.4 is 16.8 Å². The second kappa shape index (κ2) is 14.0. The van der Waals surface area contributed by atoms with Crippen LogP contribution in [0.25, 0.3) is 0 Å². The molecule has 1 aliphatic carbocycles. The van der Waals surface area contributed by atoms with Crippen LogP contribution in [0.15, 0.2) is 17.0 Å². The van der Waals surface area contributed by atoms with E-state index in [4.69, 9.17) is 23.1 Å². The highest BCUT2D eigenvalue weighted by atomic mass is 35.5. The number of nitrogens with one attached hydrogen (secondary N) is 1. The molecule has 0 unspecified atom stereocenters. The summed E-state index contributed by atoms with van der Waals surface area (Å²) in [5.41, 5.74) is 9.68. The predicted octanol–water partition coefficient (Wildman–Crippen LogP) is 1.44. The van der Waals surface area contributed by atoms with Gasteiger partial charge in [-0.2, -0.15) is 13.2 Å². The number of Topliss-reactive ketones (excluding diaryl/α,β-unsaturated/α-hetero) is 3. The van der Waals surface area contributed by atoms with Gasteiger partial charge in [-0.25, -0.2) is 8.42 Å². The molecule has 0 bridgehead atoms. The average molecular weight is 544 g/mol. The number of ketones is 3. The van der Waals surface area contributed by atoms with E-state index in [1.165, 1.54) is 0 Å². The number of carbonyl (C=O) groups excluding carboxylic acids is 3. The Labute approximate surface area is 206 Å². The van der Waals surface area contributed by atoms with Crippen molar-refractivity contribution in [3.8, 4) is 0 Å². The number of sulfone groups is 1. The van der Waals surface area contributed by atoms with Crippen LogP contribution in [0.2, 0.25) is 5.02 Å². The topological polar surface area (TPSA) is 159 Å². The standard InChI is InChI=1S/C17H16ClF3O6S.C4H13N3/c1-28(25,26)13-6-5-9(15(18)10(13)7-27-8-17(19,20)21)16(24)14-11(22)3-2-4-12(14)23;5-1-3-7-4-2-6/h5-6,14H,2-4,7-8H2,1H3;7H,1-6H2. The second-order valence-electron chi connectivity index (χ2n) is 7.69. The minimum absolute atomic E-state index is 0.0444. The van der Waals surface area contributed by atoms with E-state index in [1.54, 1.807) is 0 Å². The lowest BCUT2D eigenvalue weighted by Crippen LogP contribution is -2.35. The van der Waals surface area contributed by atoms with E-state index in [2.05, 4.69) is 10.1 Å². The highest BCUT2D eigenvalue weighted by molar-refractivity contribution is 7.90. The van der Waals surface area contributed by atoms with Gasteiger partial charge in [0, 0.05) is 56.4 Å². The summed E-state index contributed by atoms with van der Waals surface area (Å²) in [6.45, 7) is 0.660. The Balaban J connectivity index is 0.000000762. The Bertz CT molecular complexity index is 998. The summed E-state index contributed by atoms with van der Waals surface area (Å²) in [5.74, 6) is -3.59. The van der Waals surface area contributed by atoms with Crippen molar-refractivity contribution in [3.05, 3.63) is 28.3 Å². The Hall–Kier alpha value is -1.90. The average Bonchev–Trinajstić information content (AvgIpc) is 2.73. The van der Waals surface area contributed by atoms with Crippen molar-refractivity contribution in [2.45, 2.75) is 36.9 Å². The molecule has 1 aromatic rings. The molecule has 35 heavy (non-hydrogen) atoms. The predicted molar refractivity (Wildman–Crippen MR) is 123 cm³/mol. The highest BCUT2D eigenvalue weighted by Crippen LogP contribution is 2.32. The van der Waals surface area contributed by atoms with Crippen molar-refractivity contribution >= 4 is 38.8 Å². The third-order valence-electron chi connectivity index (χ3n) is 4.77. The molecule has 1 aromatic carbocycles. The summed E-state index contributed by atoms with van der Waals surface area (Å²) in [5, 5.41) is 2.58. The quantitative estimate of drug-likeness (QED) is 0.225. The van der Waals surface area contributed by atoms with Gasteiger partial charge >= 0.3 is 6.18 Å². The molecule has 0 heterocycles. The van der Waals surface area contributed by atoms with Crippen LogP contribution in [-0.4, -0.2) is 71.0 Å². The third-order valence-corrected chi connectivity index (χ3v) is 6.39. The molecule has 0 amide bonds. The molecular formula is C21H29ClF3N3O6S. The zero-order valence-corrected chi connectivity index (χ0v) is 20.7. The van der Waals surface area contributed by atoms with Gasteiger partial charge in [-0.15, -0.1) is 0 Å². The minimum Gasteiger partial charge on any atom is -0.367 e. The Morgan fingerprint density at radius 1 is 1.14 bits per heavy atom. The zero-order valence-electron chi connectivity index (χ0n) is 19.1. The summed E-state index contributed by atoms with van der Waals surface area (Å²) >= 11 is 6.11. The number of rotatable bonds is 10. The molecule has 0 aromatic heterocycles. The summed E-state index contributed by atoms with van der Waals surface area (Å²) in [4.78, 5) is 36.3. The molecule has 1 aliphatic rings. The van der Waals surface area contributed by atoms with Crippen LogP contribution in [0.1, 0.15) is 35.2 Å². The van der Waals surface area contributed by atoms with E-state index in [-0.39, 0.29) is 24.0 Å². The number of benzene rings is 1. The van der Waals surface area contributed by atoms with Gasteiger partial charge in [-0.05, 0) is 18.6 Å². The molecule has 5 N–H and O–H groups in total. The first-order valence-corrected chi connectivity index (χ1v) is 12.9. The molecule has 2 rings (SSSR count). The van der Waals surface area contributed by atoms with E-state index in [1.807, 2.05) is 0 Å². The Morgan fingerprint density at radius 2 is 1.69 bits per heavy atom. The molecule has 0 radical (unpaired) electrons. The second-order valence-corrected chi connectivity index (χ2v) is 10.1. The molecule has 9 nitrogen and oxygen atoms in total. The normalized spacial score (nSPS) is 15.1. The van der Waals surface area contributed by atoms with Gasteiger partial charge < -0.3 is 21.5 Å². The van der Waals surface area contributed by atoms with Crippen LogP contribution in [-0.2, 0) is 30.8 Å². The molecular weight excluding hydrogens is 515 g/mol. The fourth-order valence-electron chi connectivity index (χ4n) is 3.23. The molecule has 0 saturated heterocycles. The van der Waals surface area contributed by atoms with Gasteiger partial charge in [-0.1, -0.05) is 11.6 Å². The number of hydrogen-bond donors (Lipinski definition) is 3. The van der Waals surface area contributed by atoms with Crippen LogP contribution in [0, 0.1) is 5.92 Å². The summed E-state index contributed by atoms with van der Waals surface area (Å²) in [6, 6.07) is 2.04. The number of nitrogens with two attached hydrogens (primary N) is 2. The lowest BCUT2D eigenvalue weighted by Gasteiger charge is -2.20. The van der Waals surface area contributed by atoms with E-state index in [0.29, 0.717) is 19.5 Å². The molecule has 1 fully saturated rings.